The van der Waals surface area contributed by atoms with Gasteiger partial charge in [0.25, 0.3) is 0 Å². The van der Waals surface area contributed by atoms with Crippen LogP contribution in [0.2, 0.25) is 0 Å². The van der Waals surface area contributed by atoms with Crippen molar-refractivity contribution in [2.24, 2.45) is 18.9 Å². The maximum absolute atomic E-state index is 12.5. The van der Waals surface area contributed by atoms with E-state index in [0.717, 1.165) is 18.4 Å². The van der Waals surface area contributed by atoms with Crippen LogP contribution in [-0.4, -0.2) is 15.6 Å². The van der Waals surface area contributed by atoms with Gasteiger partial charge in [0.05, 0.1) is 11.8 Å². The number of hydrogen-bond donors (Lipinski definition) is 0. The molecule has 0 radical (unpaired) electrons. The van der Waals surface area contributed by atoms with Gasteiger partial charge in [0, 0.05) is 19.2 Å². The molecule has 0 spiro atoms. The molecule has 1 fully saturated rings. The van der Waals surface area contributed by atoms with Crippen LogP contribution in [0.4, 0.5) is 0 Å². The van der Waals surface area contributed by atoms with E-state index in [1.165, 1.54) is 11.1 Å². The van der Waals surface area contributed by atoms with Crippen molar-refractivity contribution in [2.75, 3.05) is 0 Å². The first-order valence-electron chi connectivity index (χ1n) is 6.86. The molecule has 1 saturated carbocycles. The zero-order valence-electron chi connectivity index (χ0n) is 10.9. The van der Waals surface area contributed by atoms with Crippen molar-refractivity contribution in [1.82, 2.24) is 9.78 Å². The predicted molar refractivity (Wildman–Crippen MR) is 72.0 cm³/mol. The first kappa shape index (κ1) is 11.0. The van der Waals surface area contributed by atoms with Gasteiger partial charge in [0.15, 0.2) is 5.78 Å². The second kappa shape index (κ2) is 3.80. The minimum atomic E-state index is 0.188. The maximum Gasteiger partial charge on any atom is 0.170 e. The van der Waals surface area contributed by atoms with E-state index < -0.39 is 0 Å². The Kier molecular flexibility index (Phi) is 2.19. The van der Waals surface area contributed by atoms with Gasteiger partial charge in [-0.05, 0) is 35.8 Å². The normalized spacial score (nSPS) is 27.5. The lowest BCUT2D eigenvalue weighted by Crippen LogP contribution is -2.02. The van der Waals surface area contributed by atoms with Gasteiger partial charge in [0.1, 0.15) is 0 Å². The SMILES string of the molecule is Cn1cc(C(=O)C2C3CCc4ccccc4C32)cn1. The van der Waals surface area contributed by atoms with Gasteiger partial charge in [-0.3, -0.25) is 9.48 Å². The van der Waals surface area contributed by atoms with E-state index in [4.69, 9.17) is 0 Å². The largest absolute Gasteiger partial charge is 0.294 e. The summed E-state index contributed by atoms with van der Waals surface area (Å²) in [5, 5.41) is 4.11. The number of carbonyl (C=O) groups excluding carboxylic acids is 1. The number of ketones is 1. The smallest absolute Gasteiger partial charge is 0.170 e. The van der Waals surface area contributed by atoms with Crippen LogP contribution in [0.3, 0.4) is 0 Å². The van der Waals surface area contributed by atoms with Gasteiger partial charge >= 0.3 is 0 Å². The average molecular weight is 252 g/mol. The Morgan fingerprint density at radius 2 is 2.21 bits per heavy atom. The second-order valence-electron chi connectivity index (χ2n) is 5.72. The molecule has 3 unspecified atom stereocenters. The molecule has 4 rings (SSSR count). The lowest BCUT2D eigenvalue weighted by atomic mass is 9.92. The van der Waals surface area contributed by atoms with Gasteiger partial charge < -0.3 is 0 Å². The molecule has 2 aliphatic rings. The molecule has 3 atom stereocenters. The number of aromatic nitrogens is 2. The highest BCUT2D eigenvalue weighted by molar-refractivity contribution is 6.00. The minimum Gasteiger partial charge on any atom is -0.294 e. The van der Waals surface area contributed by atoms with Crippen LogP contribution in [0, 0.1) is 11.8 Å². The molecule has 2 aliphatic carbocycles. The zero-order valence-corrected chi connectivity index (χ0v) is 10.9. The van der Waals surface area contributed by atoms with Gasteiger partial charge in [-0.15, -0.1) is 0 Å². The number of aryl methyl sites for hydroxylation is 2. The quantitative estimate of drug-likeness (QED) is 0.770. The number of rotatable bonds is 2. The first-order valence-corrected chi connectivity index (χ1v) is 6.86. The highest BCUT2D eigenvalue weighted by atomic mass is 16.1. The summed E-state index contributed by atoms with van der Waals surface area (Å²) in [6, 6.07) is 8.59. The fraction of sp³-hybridized carbons (Fsp3) is 0.375. The fourth-order valence-corrected chi connectivity index (χ4v) is 3.66. The number of nitrogens with zero attached hydrogens (tertiary/aromatic N) is 2. The average Bonchev–Trinajstić information content (AvgIpc) is 3.03. The van der Waals surface area contributed by atoms with Crippen LogP contribution in [0.25, 0.3) is 0 Å². The van der Waals surface area contributed by atoms with E-state index in [1.807, 2.05) is 13.2 Å². The number of fused-ring (bicyclic) bond motifs is 3. The van der Waals surface area contributed by atoms with Crippen molar-refractivity contribution in [3.8, 4) is 0 Å². The molecule has 0 bridgehead atoms. The third-order valence-corrected chi connectivity index (χ3v) is 4.62. The Morgan fingerprint density at radius 3 is 3.00 bits per heavy atom. The monoisotopic (exact) mass is 252 g/mol. The van der Waals surface area contributed by atoms with Crippen molar-refractivity contribution < 1.29 is 4.79 Å². The number of benzene rings is 1. The molecule has 0 N–H and O–H groups in total. The Morgan fingerprint density at radius 1 is 1.37 bits per heavy atom. The topological polar surface area (TPSA) is 34.9 Å². The summed E-state index contributed by atoms with van der Waals surface area (Å²) >= 11 is 0. The molecule has 1 aromatic carbocycles. The molecule has 1 aromatic heterocycles. The Bertz CT molecular complexity index is 658. The van der Waals surface area contributed by atoms with E-state index in [-0.39, 0.29) is 11.7 Å². The van der Waals surface area contributed by atoms with E-state index in [2.05, 4.69) is 29.4 Å². The summed E-state index contributed by atoms with van der Waals surface area (Å²) in [7, 11) is 1.85. The summed E-state index contributed by atoms with van der Waals surface area (Å²) in [5.41, 5.74) is 3.60. The summed E-state index contributed by atoms with van der Waals surface area (Å²) in [6.45, 7) is 0. The molecule has 96 valence electrons. The van der Waals surface area contributed by atoms with Crippen molar-refractivity contribution in [2.45, 2.75) is 18.8 Å². The van der Waals surface area contributed by atoms with Crippen molar-refractivity contribution >= 4 is 5.78 Å². The second-order valence-corrected chi connectivity index (χ2v) is 5.72. The summed E-state index contributed by atoms with van der Waals surface area (Å²) in [5.74, 6) is 1.48. The summed E-state index contributed by atoms with van der Waals surface area (Å²) in [4.78, 5) is 12.5. The van der Waals surface area contributed by atoms with Crippen LogP contribution in [-0.2, 0) is 13.5 Å². The van der Waals surface area contributed by atoms with E-state index >= 15 is 0 Å². The van der Waals surface area contributed by atoms with Gasteiger partial charge in [-0.25, -0.2) is 0 Å². The molecule has 0 saturated heterocycles. The fourth-order valence-electron chi connectivity index (χ4n) is 3.66. The Labute approximate surface area is 112 Å². The van der Waals surface area contributed by atoms with E-state index in [0.29, 0.717) is 11.8 Å². The molecule has 1 heterocycles. The Hall–Kier alpha value is -1.90. The minimum absolute atomic E-state index is 0.188. The molecule has 0 aliphatic heterocycles. The molecule has 3 heteroatoms. The number of hydrogen-bond acceptors (Lipinski definition) is 2. The highest BCUT2D eigenvalue weighted by Crippen LogP contribution is 2.60. The van der Waals surface area contributed by atoms with Gasteiger partial charge in [-0.2, -0.15) is 5.10 Å². The summed E-state index contributed by atoms with van der Waals surface area (Å²) in [6.07, 6.45) is 5.80. The number of Topliss-reactive ketones (excluding diaryl/α,β-unsaturated/α-hetero) is 1. The highest BCUT2D eigenvalue weighted by Gasteiger charge is 2.56. The lowest BCUT2D eigenvalue weighted by molar-refractivity contribution is 0.0959. The van der Waals surface area contributed by atoms with E-state index in [9.17, 15) is 4.79 Å². The number of carbonyl (C=O) groups is 1. The first-order chi connectivity index (χ1) is 9.25. The molecule has 0 amide bonds. The van der Waals surface area contributed by atoms with Crippen LogP contribution in [0.15, 0.2) is 36.7 Å². The molecule has 2 aromatic rings. The lowest BCUT2D eigenvalue weighted by Gasteiger charge is -2.13. The maximum atomic E-state index is 12.5. The molecule has 19 heavy (non-hydrogen) atoms. The van der Waals surface area contributed by atoms with Crippen molar-refractivity contribution in [1.29, 1.82) is 0 Å². The molecule has 3 nitrogen and oxygen atoms in total. The Balaban J connectivity index is 1.65. The standard InChI is InChI=1S/C16H16N2O/c1-18-9-11(8-17-18)16(19)15-13-7-6-10-4-2-3-5-12(10)14(13)15/h2-5,8-9,13-15H,6-7H2,1H3. The molecular formula is C16H16N2O. The predicted octanol–water partition coefficient (Wildman–Crippen LogP) is 2.58. The van der Waals surface area contributed by atoms with Gasteiger partial charge in [0.2, 0.25) is 0 Å². The van der Waals surface area contributed by atoms with Crippen LogP contribution < -0.4 is 0 Å². The zero-order chi connectivity index (χ0) is 13.0. The van der Waals surface area contributed by atoms with Crippen molar-refractivity contribution in [3.05, 3.63) is 53.3 Å². The third kappa shape index (κ3) is 1.57. The summed E-state index contributed by atoms with van der Waals surface area (Å²) < 4.78 is 1.70. The van der Waals surface area contributed by atoms with Crippen LogP contribution in [0.1, 0.15) is 33.8 Å². The van der Waals surface area contributed by atoms with Crippen LogP contribution >= 0.6 is 0 Å². The van der Waals surface area contributed by atoms with Crippen molar-refractivity contribution in [3.63, 3.8) is 0 Å². The third-order valence-electron chi connectivity index (χ3n) is 4.62. The van der Waals surface area contributed by atoms with Crippen LogP contribution in [0.5, 0.6) is 0 Å². The van der Waals surface area contributed by atoms with Gasteiger partial charge in [-0.1, -0.05) is 24.3 Å². The molecular weight excluding hydrogens is 236 g/mol. The van der Waals surface area contributed by atoms with E-state index in [1.54, 1.807) is 10.9 Å².